The highest BCUT2D eigenvalue weighted by Crippen LogP contribution is 2.43. The van der Waals surface area contributed by atoms with E-state index in [9.17, 15) is 19.5 Å². The number of aryl methyl sites for hydroxylation is 1. The Bertz CT molecular complexity index is 1490. The number of carboxylic acid groups (broad SMARTS) is 1. The maximum Gasteiger partial charge on any atom is 0.337 e. The van der Waals surface area contributed by atoms with Crippen molar-refractivity contribution < 1.29 is 24.2 Å². The minimum Gasteiger partial charge on any atom is -0.478 e. The first-order valence-electron chi connectivity index (χ1n) is 10.9. The number of amides is 1. The summed E-state index contributed by atoms with van der Waals surface area (Å²) in [6, 6.07) is 7.90. The number of hydrogen-bond donors (Lipinski definition) is 3. The molecule has 4 N–H and O–H groups in total. The van der Waals surface area contributed by atoms with Gasteiger partial charge in [0.15, 0.2) is 0 Å². The van der Waals surface area contributed by atoms with Crippen molar-refractivity contribution in [1.82, 2.24) is 4.98 Å². The van der Waals surface area contributed by atoms with Gasteiger partial charge in [-0.25, -0.2) is 14.6 Å². The van der Waals surface area contributed by atoms with E-state index in [4.69, 9.17) is 15.5 Å². The minimum atomic E-state index is -1.24. The van der Waals surface area contributed by atoms with E-state index in [0.29, 0.717) is 10.5 Å². The predicted octanol–water partition coefficient (Wildman–Crippen LogP) is 5.22. The summed E-state index contributed by atoms with van der Waals surface area (Å²) in [5, 5.41) is 15.0. The van der Waals surface area contributed by atoms with E-state index < -0.39 is 17.8 Å². The van der Waals surface area contributed by atoms with Crippen LogP contribution in [0.25, 0.3) is 20.8 Å². The van der Waals surface area contributed by atoms with Crippen molar-refractivity contribution in [3.05, 3.63) is 62.8 Å². The number of carbonyl (C=O) groups is 3. The summed E-state index contributed by atoms with van der Waals surface area (Å²) in [5.41, 5.74) is 10.1. The predicted molar refractivity (Wildman–Crippen MR) is 137 cm³/mol. The van der Waals surface area contributed by atoms with Crippen LogP contribution in [0.2, 0.25) is 0 Å². The highest BCUT2D eigenvalue weighted by molar-refractivity contribution is 7.21. The first-order valence-corrected chi connectivity index (χ1v) is 12.6. The molecule has 0 fully saturated rings. The number of carbonyl (C=O) groups excluding carboxylic acids is 2. The van der Waals surface area contributed by atoms with Crippen molar-refractivity contribution in [2.24, 2.45) is 0 Å². The molecule has 5 rings (SSSR count). The maximum atomic E-state index is 13.3. The molecule has 0 aliphatic heterocycles. The average molecular weight is 508 g/mol. The molecule has 4 aromatic rings. The van der Waals surface area contributed by atoms with Crippen LogP contribution >= 0.6 is 22.7 Å². The summed E-state index contributed by atoms with van der Waals surface area (Å²) in [4.78, 5) is 43.9. The summed E-state index contributed by atoms with van der Waals surface area (Å²) in [5.74, 6) is -2.44. The summed E-state index contributed by atoms with van der Waals surface area (Å²) < 4.78 is 4.71. The van der Waals surface area contributed by atoms with Crippen LogP contribution in [0.4, 0.5) is 11.4 Å². The molecule has 3 heterocycles. The molecule has 1 aliphatic carbocycles. The summed E-state index contributed by atoms with van der Waals surface area (Å²) in [6.45, 7) is 0. The van der Waals surface area contributed by atoms with Crippen molar-refractivity contribution in [3.63, 3.8) is 0 Å². The lowest BCUT2D eigenvalue weighted by Crippen LogP contribution is -2.16. The van der Waals surface area contributed by atoms with Crippen LogP contribution in [0.3, 0.4) is 0 Å². The fourth-order valence-electron chi connectivity index (χ4n) is 4.46. The molecule has 0 radical (unpaired) electrons. The van der Waals surface area contributed by atoms with Gasteiger partial charge in [-0.3, -0.25) is 4.79 Å². The largest absolute Gasteiger partial charge is 0.478 e. The number of benzene rings is 1. The van der Waals surface area contributed by atoms with Crippen molar-refractivity contribution in [2.45, 2.75) is 25.7 Å². The second-order valence-electron chi connectivity index (χ2n) is 8.14. The number of rotatable bonds is 5. The molecule has 3 aromatic heterocycles. The summed E-state index contributed by atoms with van der Waals surface area (Å²) in [7, 11) is 1.22. The molecule has 1 amide bonds. The molecule has 1 aliphatic rings. The number of carboxylic acids is 1. The first kappa shape index (κ1) is 23.0. The lowest BCUT2D eigenvalue weighted by molar-refractivity contribution is 0.0598. The molecule has 0 atom stereocenters. The molecule has 8 nitrogen and oxygen atoms in total. The second-order valence-corrected chi connectivity index (χ2v) is 10.1. The Balaban J connectivity index is 1.60. The number of anilines is 2. The highest BCUT2D eigenvalue weighted by Gasteiger charge is 2.27. The standard InChI is InChI=1S/C25H21N3O5S2/c1-33-25(32)12-8-9-15(24(30)31)16(11-12)27-22(29)21-19(26)18-13-5-2-3-6-14(13)20(28-23(18)35-21)17-7-4-10-34-17/h4,7-11H,2-3,5-6,26H2,1H3,(H,27,29)(H,30,31). The van der Waals surface area contributed by atoms with Gasteiger partial charge in [-0.15, -0.1) is 22.7 Å². The van der Waals surface area contributed by atoms with Crippen LogP contribution < -0.4 is 11.1 Å². The Labute approximate surface area is 208 Å². The van der Waals surface area contributed by atoms with Crippen molar-refractivity contribution in [2.75, 3.05) is 18.2 Å². The quantitative estimate of drug-likeness (QED) is 0.315. The number of fused-ring (bicyclic) bond motifs is 3. The Morgan fingerprint density at radius 1 is 1.14 bits per heavy atom. The third kappa shape index (κ3) is 4.04. The van der Waals surface area contributed by atoms with Gasteiger partial charge in [0, 0.05) is 5.39 Å². The van der Waals surface area contributed by atoms with E-state index in [0.717, 1.165) is 47.2 Å². The lowest BCUT2D eigenvalue weighted by atomic mass is 9.88. The molecule has 0 unspecified atom stereocenters. The number of nitrogen functional groups attached to an aromatic ring is 1. The Morgan fingerprint density at radius 2 is 1.91 bits per heavy atom. The number of hydrogen-bond acceptors (Lipinski definition) is 8. The topological polar surface area (TPSA) is 132 Å². The van der Waals surface area contributed by atoms with E-state index in [1.165, 1.54) is 42.2 Å². The maximum absolute atomic E-state index is 13.3. The number of aromatic nitrogens is 1. The average Bonchev–Trinajstić information content (AvgIpc) is 3.51. The number of nitrogens with zero attached hydrogens (tertiary/aromatic N) is 1. The molecule has 0 spiro atoms. The van der Waals surface area contributed by atoms with Gasteiger partial charge in [-0.1, -0.05) is 6.07 Å². The van der Waals surface area contributed by atoms with Gasteiger partial charge in [-0.2, -0.15) is 0 Å². The lowest BCUT2D eigenvalue weighted by Gasteiger charge is -2.19. The van der Waals surface area contributed by atoms with Crippen molar-refractivity contribution in [3.8, 4) is 10.6 Å². The molecule has 1 aromatic carbocycles. The summed E-state index contributed by atoms with van der Waals surface area (Å²) in [6.07, 6.45) is 3.88. The molecular formula is C25H21N3O5S2. The van der Waals surface area contributed by atoms with Gasteiger partial charge in [0.05, 0.1) is 40.2 Å². The van der Waals surface area contributed by atoms with Gasteiger partial charge in [0.2, 0.25) is 0 Å². The molecule has 35 heavy (non-hydrogen) atoms. The van der Waals surface area contributed by atoms with Gasteiger partial charge in [0.1, 0.15) is 9.71 Å². The fourth-order valence-corrected chi connectivity index (χ4v) is 6.22. The van der Waals surface area contributed by atoms with E-state index in [2.05, 4.69) is 5.32 Å². The molecule has 178 valence electrons. The molecule has 0 saturated carbocycles. The van der Waals surface area contributed by atoms with Gasteiger partial charge in [0.25, 0.3) is 5.91 Å². The van der Waals surface area contributed by atoms with Crippen molar-refractivity contribution in [1.29, 1.82) is 0 Å². The number of methoxy groups -OCH3 is 1. The normalized spacial score (nSPS) is 12.8. The molecule has 10 heteroatoms. The van der Waals surface area contributed by atoms with E-state index in [1.54, 1.807) is 11.3 Å². The highest BCUT2D eigenvalue weighted by atomic mass is 32.1. The van der Waals surface area contributed by atoms with Gasteiger partial charge in [-0.05, 0) is 66.5 Å². The number of pyridine rings is 1. The smallest absolute Gasteiger partial charge is 0.337 e. The SMILES string of the molecule is COC(=O)c1ccc(C(=O)O)c(NC(=O)c2sc3nc(-c4cccs4)c4c(c3c2N)CCCC4)c1. The molecular weight excluding hydrogens is 486 g/mol. The number of aromatic carboxylic acids is 1. The minimum absolute atomic E-state index is 0.0171. The number of nitrogens with two attached hydrogens (primary N) is 1. The number of ether oxygens (including phenoxy) is 1. The Morgan fingerprint density at radius 3 is 2.60 bits per heavy atom. The fraction of sp³-hybridized carbons (Fsp3) is 0.200. The zero-order valence-corrected chi connectivity index (χ0v) is 20.3. The van der Waals surface area contributed by atoms with E-state index in [1.807, 2.05) is 17.5 Å². The van der Waals surface area contributed by atoms with Crippen LogP contribution in [-0.2, 0) is 17.6 Å². The van der Waals surface area contributed by atoms with E-state index in [-0.39, 0.29) is 21.7 Å². The summed E-state index contributed by atoms with van der Waals surface area (Å²) >= 11 is 2.81. The van der Waals surface area contributed by atoms with Crippen LogP contribution in [0.5, 0.6) is 0 Å². The monoisotopic (exact) mass is 507 g/mol. The number of esters is 1. The third-order valence-corrected chi connectivity index (χ3v) is 8.05. The zero-order valence-electron chi connectivity index (χ0n) is 18.7. The first-order chi connectivity index (χ1) is 16.9. The second kappa shape index (κ2) is 9.12. The van der Waals surface area contributed by atoms with E-state index >= 15 is 0 Å². The zero-order chi connectivity index (χ0) is 24.7. The Hall–Kier alpha value is -3.76. The third-order valence-electron chi connectivity index (χ3n) is 6.08. The Kier molecular flexibility index (Phi) is 6.00. The number of nitrogens with one attached hydrogen (secondary N) is 1. The molecule has 0 saturated heterocycles. The number of thiophene rings is 2. The van der Waals surface area contributed by atoms with Crippen LogP contribution in [0.1, 0.15) is 54.4 Å². The van der Waals surface area contributed by atoms with Crippen LogP contribution in [-0.4, -0.2) is 35.0 Å². The molecule has 0 bridgehead atoms. The van der Waals surface area contributed by atoms with Gasteiger partial charge >= 0.3 is 11.9 Å². The van der Waals surface area contributed by atoms with Gasteiger partial charge < -0.3 is 20.9 Å². The van der Waals surface area contributed by atoms with Crippen LogP contribution in [0.15, 0.2) is 35.7 Å². The van der Waals surface area contributed by atoms with Crippen molar-refractivity contribution >= 4 is 62.1 Å². The van der Waals surface area contributed by atoms with Crippen LogP contribution in [0, 0.1) is 0 Å².